The highest BCUT2D eigenvalue weighted by Gasteiger charge is 2.26. The molecule has 2 aromatic heterocycles. The van der Waals surface area contributed by atoms with Gasteiger partial charge in [-0.1, -0.05) is 53.5 Å². The lowest BCUT2D eigenvalue weighted by Crippen LogP contribution is -2.48. The van der Waals surface area contributed by atoms with Gasteiger partial charge in [0.05, 0.1) is 10.7 Å². The molecule has 1 aliphatic rings. The first-order chi connectivity index (χ1) is 15.5. The quantitative estimate of drug-likeness (QED) is 0.316. The Bertz CT molecular complexity index is 1290. The van der Waals surface area contributed by atoms with Crippen LogP contribution in [0.4, 0.5) is 0 Å². The SMILES string of the molecule is Cc1ccccc1-c1nc(CN2CCN(C(=O)c3sc4cc(Cl)ccc4c3Cl)CC2)cs1. The Morgan fingerprint density at radius 1 is 1.09 bits per heavy atom. The second-order valence-electron chi connectivity index (χ2n) is 7.91. The molecule has 0 aliphatic carbocycles. The highest BCUT2D eigenvalue weighted by atomic mass is 35.5. The van der Waals surface area contributed by atoms with E-state index < -0.39 is 0 Å². The van der Waals surface area contributed by atoms with Gasteiger partial charge in [0.25, 0.3) is 5.91 Å². The van der Waals surface area contributed by atoms with E-state index in [1.165, 1.54) is 22.5 Å². The highest BCUT2D eigenvalue weighted by molar-refractivity contribution is 7.21. The molecule has 5 rings (SSSR count). The number of piperazine rings is 1. The number of benzene rings is 2. The molecule has 1 saturated heterocycles. The third-order valence-corrected chi connectivity index (χ3v) is 8.56. The van der Waals surface area contributed by atoms with Gasteiger partial charge in [-0.15, -0.1) is 22.7 Å². The topological polar surface area (TPSA) is 36.4 Å². The van der Waals surface area contributed by atoms with Crippen molar-refractivity contribution in [1.82, 2.24) is 14.8 Å². The third kappa shape index (κ3) is 4.30. The number of carbonyl (C=O) groups is 1. The smallest absolute Gasteiger partial charge is 0.265 e. The number of thiazole rings is 1. The van der Waals surface area contributed by atoms with Gasteiger partial charge in [0.1, 0.15) is 9.88 Å². The Hall–Kier alpha value is -1.96. The molecular weight excluding hydrogens is 481 g/mol. The summed E-state index contributed by atoms with van der Waals surface area (Å²) < 4.78 is 0.942. The molecule has 0 atom stereocenters. The average molecular weight is 502 g/mol. The Kier molecular flexibility index (Phi) is 6.23. The Morgan fingerprint density at radius 2 is 1.88 bits per heavy atom. The molecule has 1 fully saturated rings. The van der Waals surface area contributed by atoms with Crippen LogP contribution in [0, 0.1) is 6.92 Å². The minimum absolute atomic E-state index is 0.00229. The van der Waals surface area contributed by atoms with Crippen LogP contribution in [0.5, 0.6) is 0 Å². The maximum absolute atomic E-state index is 13.1. The number of hydrogen-bond donors (Lipinski definition) is 0. The minimum Gasteiger partial charge on any atom is -0.335 e. The van der Waals surface area contributed by atoms with Crippen LogP contribution < -0.4 is 0 Å². The van der Waals surface area contributed by atoms with E-state index >= 15 is 0 Å². The van der Waals surface area contributed by atoms with E-state index in [0.29, 0.717) is 28.0 Å². The molecule has 32 heavy (non-hydrogen) atoms. The molecule has 0 bridgehead atoms. The molecule has 0 spiro atoms. The van der Waals surface area contributed by atoms with E-state index in [2.05, 4.69) is 41.5 Å². The zero-order chi connectivity index (χ0) is 22.2. The standard InChI is InChI=1S/C24H21Cl2N3OS2/c1-15-4-2-3-5-18(15)23-27-17(14-31-23)13-28-8-10-29(11-9-28)24(30)22-21(26)19-7-6-16(25)12-20(19)32-22/h2-7,12,14H,8-11,13H2,1H3. The number of halogens is 2. The van der Waals surface area contributed by atoms with Crippen molar-refractivity contribution < 1.29 is 4.79 Å². The van der Waals surface area contributed by atoms with Gasteiger partial charge in [-0.05, 0) is 24.6 Å². The van der Waals surface area contributed by atoms with E-state index in [4.69, 9.17) is 28.2 Å². The van der Waals surface area contributed by atoms with E-state index in [1.54, 1.807) is 17.4 Å². The first-order valence-corrected chi connectivity index (χ1v) is 12.8. The summed E-state index contributed by atoms with van der Waals surface area (Å²) in [4.78, 5) is 22.8. The van der Waals surface area contributed by atoms with Gasteiger partial charge < -0.3 is 4.90 Å². The zero-order valence-electron chi connectivity index (χ0n) is 17.5. The molecule has 0 N–H and O–H groups in total. The largest absolute Gasteiger partial charge is 0.335 e. The molecule has 0 saturated carbocycles. The summed E-state index contributed by atoms with van der Waals surface area (Å²) in [5.74, 6) is 0.00229. The summed E-state index contributed by atoms with van der Waals surface area (Å²) in [5, 5.41) is 5.26. The number of rotatable bonds is 4. The van der Waals surface area contributed by atoms with Crippen LogP contribution in [-0.4, -0.2) is 46.9 Å². The number of aromatic nitrogens is 1. The van der Waals surface area contributed by atoms with Gasteiger partial charge in [-0.3, -0.25) is 9.69 Å². The van der Waals surface area contributed by atoms with Gasteiger partial charge in [-0.2, -0.15) is 0 Å². The molecule has 4 nitrogen and oxygen atoms in total. The number of aryl methyl sites for hydroxylation is 1. The Balaban J connectivity index is 1.23. The summed E-state index contributed by atoms with van der Waals surface area (Å²) in [6, 6.07) is 13.9. The predicted molar refractivity (Wildman–Crippen MR) is 135 cm³/mol. The van der Waals surface area contributed by atoms with E-state index in [0.717, 1.165) is 40.4 Å². The van der Waals surface area contributed by atoms with Crippen LogP contribution in [0.2, 0.25) is 10.0 Å². The maximum Gasteiger partial charge on any atom is 0.265 e. The zero-order valence-corrected chi connectivity index (χ0v) is 20.6. The van der Waals surface area contributed by atoms with Crippen molar-refractivity contribution in [1.29, 1.82) is 0 Å². The van der Waals surface area contributed by atoms with Crippen molar-refractivity contribution in [3.8, 4) is 10.6 Å². The maximum atomic E-state index is 13.1. The summed E-state index contributed by atoms with van der Waals surface area (Å²) in [6.45, 7) is 5.91. The summed E-state index contributed by atoms with van der Waals surface area (Å²) in [7, 11) is 0. The fourth-order valence-corrected chi connectivity index (χ4v) is 6.63. The van der Waals surface area contributed by atoms with Gasteiger partial charge in [0.2, 0.25) is 0 Å². The predicted octanol–water partition coefficient (Wildman–Crippen LogP) is 6.60. The Morgan fingerprint density at radius 3 is 2.66 bits per heavy atom. The van der Waals surface area contributed by atoms with Crippen molar-refractivity contribution in [2.24, 2.45) is 0 Å². The average Bonchev–Trinajstić information content (AvgIpc) is 3.38. The monoisotopic (exact) mass is 501 g/mol. The van der Waals surface area contributed by atoms with Crippen LogP contribution in [0.25, 0.3) is 20.7 Å². The summed E-state index contributed by atoms with van der Waals surface area (Å²) >= 11 is 15.7. The Labute approximate surface area is 205 Å². The molecule has 0 unspecified atom stereocenters. The minimum atomic E-state index is 0.00229. The molecular formula is C24H21Cl2N3OS2. The van der Waals surface area contributed by atoms with E-state index in [1.807, 2.05) is 17.0 Å². The van der Waals surface area contributed by atoms with Crippen LogP contribution in [0.15, 0.2) is 47.8 Å². The van der Waals surface area contributed by atoms with Gasteiger partial charge in [0, 0.05) is 58.8 Å². The molecule has 2 aromatic carbocycles. The highest BCUT2D eigenvalue weighted by Crippen LogP contribution is 2.37. The third-order valence-electron chi connectivity index (χ3n) is 5.76. The molecule has 1 aliphatic heterocycles. The number of nitrogens with zero attached hydrogens (tertiary/aromatic N) is 3. The first-order valence-electron chi connectivity index (χ1n) is 10.4. The van der Waals surface area contributed by atoms with Crippen molar-refractivity contribution in [2.75, 3.05) is 26.2 Å². The van der Waals surface area contributed by atoms with Gasteiger partial charge in [-0.25, -0.2) is 4.98 Å². The van der Waals surface area contributed by atoms with E-state index in [9.17, 15) is 4.79 Å². The molecule has 0 radical (unpaired) electrons. The van der Waals surface area contributed by atoms with Crippen molar-refractivity contribution in [2.45, 2.75) is 13.5 Å². The fourth-order valence-electron chi connectivity index (χ4n) is 3.97. The van der Waals surface area contributed by atoms with Gasteiger partial charge in [0.15, 0.2) is 0 Å². The van der Waals surface area contributed by atoms with Crippen LogP contribution in [0.3, 0.4) is 0 Å². The fraction of sp³-hybridized carbons (Fsp3) is 0.250. The second kappa shape index (κ2) is 9.12. The number of carbonyl (C=O) groups excluding carboxylic acids is 1. The number of thiophene rings is 1. The lowest BCUT2D eigenvalue weighted by molar-refractivity contribution is 0.0632. The molecule has 1 amide bonds. The molecule has 8 heteroatoms. The van der Waals surface area contributed by atoms with E-state index in [-0.39, 0.29) is 5.91 Å². The number of amides is 1. The van der Waals surface area contributed by atoms with Crippen LogP contribution in [-0.2, 0) is 6.54 Å². The number of fused-ring (bicyclic) bond motifs is 1. The summed E-state index contributed by atoms with van der Waals surface area (Å²) in [5.41, 5.74) is 3.51. The molecule has 4 aromatic rings. The number of hydrogen-bond acceptors (Lipinski definition) is 5. The van der Waals surface area contributed by atoms with Crippen LogP contribution >= 0.6 is 45.9 Å². The lowest BCUT2D eigenvalue weighted by atomic mass is 10.1. The van der Waals surface area contributed by atoms with Crippen molar-refractivity contribution in [3.05, 3.63) is 74.0 Å². The normalized spacial score (nSPS) is 14.9. The summed E-state index contributed by atoms with van der Waals surface area (Å²) in [6.07, 6.45) is 0. The lowest BCUT2D eigenvalue weighted by Gasteiger charge is -2.34. The van der Waals surface area contributed by atoms with Crippen molar-refractivity contribution >= 4 is 61.9 Å². The molecule has 164 valence electrons. The van der Waals surface area contributed by atoms with Gasteiger partial charge >= 0.3 is 0 Å². The first kappa shape index (κ1) is 21.9. The van der Waals surface area contributed by atoms with Crippen LogP contribution in [0.1, 0.15) is 20.9 Å². The second-order valence-corrected chi connectivity index (χ2v) is 10.6. The molecule has 3 heterocycles. The van der Waals surface area contributed by atoms with Crippen molar-refractivity contribution in [3.63, 3.8) is 0 Å².